The van der Waals surface area contributed by atoms with Crippen LogP contribution in [-0.4, -0.2) is 29.7 Å². The largest absolute Gasteiger partial charge is 0.387 e. The molecule has 2 nitrogen and oxygen atoms in total. The zero-order valence-electron chi connectivity index (χ0n) is 10.3. The Morgan fingerprint density at radius 2 is 2.24 bits per heavy atom. The molecular weight excluding hydrogens is 237 g/mol. The molecule has 1 aromatic carbocycles. The van der Waals surface area contributed by atoms with Crippen molar-refractivity contribution in [2.75, 3.05) is 18.6 Å². The van der Waals surface area contributed by atoms with E-state index in [-0.39, 0.29) is 5.82 Å². The summed E-state index contributed by atoms with van der Waals surface area (Å²) in [6, 6.07) is 6.47. The van der Waals surface area contributed by atoms with Gasteiger partial charge in [0.2, 0.25) is 0 Å². The summed E-state index contributed by atoms with van der Waals surface area (Å²) >= 11 is 1.81. The average molecular weight is 257 g/mol. The van der Waals surface area contributed by atoms with Gasteiger partial charge in [0.15, 0.2) is 0 Å². The van der Waals surface area contributed by atoms with Crippen molar-refractivity contribution < 1.29 is 9.50 Å². The van der Waals surface area contributed by atoms with Crippen molar-refractivity contribution in [3.8, 4) is 0 Å². The molecule has 0 heterocycles. The summed E-state index contributed by atoms with van der Waals surface area (Å²) in [7, 11) is 0. The Bertz CT molecular complexity index is 335. The van der Waals surface area contributed by atoms with Crippen molar-refractivity contribution in [2.45, 2.75) is 25.5 Å². The summed E-state index contributed by atoms with van der Waals surface area (Å²) in [6.45, 7) is 2.55. The van der Waals surface area contributed by atoms with Crippen LogP contribution in [0.1, 0.15) is 25.0 Å². The topological polar surface area (TPSA) is 32.3 Å². The van der Waals surface area contributed by atoms with E-state index in [0.717, 1.165) is 12.2 Å². The molecule has 0 amide bonds. The van der Waals surface area contributed by atoms with Gasteiger partial charge >= 0.3 is 0 Å². The zero-order valence-corrected chi connectivity index (χ0v) is 11.1. The molecule has 2 atom stereocenters. The minimum absolute atomic E-state index is 0.308. The van der Waals surface area contributed by atoms with Crippen LogP contribution in [0.15, 0.2) is 24.3 Å². The second kappa shape index (κ2) is 7.69. The van der Waals surface area contributed by atoms with Crippen LogP contribution in [0.4, 0.5) is 4.39 Å². The Labute approximate surface area is 107 Å². The summed E-state index contributed by atoms with van der Waals surface area (Å²) in [6.07, 6.45) is 2.49. The first-order valence-corrected chi connectivity index (χ1v) is 7.18. The second-order valence-electron chi connectivity index (χ2n) is 4.16. The molecule has 2 N–H and O–H groups in total. The number of benzene rings is 1. The molecule has 4 heteroatoms. The molecule has 96 valence electrons. The number of thioether (sulfide) groups is 1. The number of nitrogens with one attached hydrogen (secondary N) is 1. The van der Waals surface area contributed by atoms with Crippen molar-refractivity contribution in [1.29, 1.82) is 0 Å². The molecule has 0 aliphatic carbocycles. The number of aliphatic hydroxyl groups excluding tert-OH is 1. The minimum atomic E-state index is -0.651. The zero-order chi connectivity index (χ0) is 12.7. The number of hydrogen-bond acceptors (Lipinski definition) is 3. The highest BCUT2D eigenvalue weighted by Crippen LogP contribution is 2.13. The number of aliphatic hydroxyl groups is 1. The van der Waals surface area contributed by atoms with Crippen LogP contribution in [0, 0.1) is 5.82 Å². The molecular formula is C13H20FNOS. The van der Waals surface area contributed by atoms with Gasteiger partial charge in [-0.1, -0.05) is 12.1 Å². The van der Waals surface area contributed by atoms with E-state index in [4.69, 9.17) is 0 Å². The molecule has 0 spiro atoms. The van der Waals surface area contributed by atoms with Gasteiger partial charge in [0.25, 0.3) is 0 Å². The van der Waals surface area contributed by atoms with Gasteiger partial charge in [-0.25, -0.2) is 4.39 Å². The van der Waals surface area contributed by atoms with Crippen molar-refractivity contribution in [3.05, 3.63) is 35.6 Å². The fraction of sp³-hybridized carbons (Fsp3) is 0.538. The van der Waals surface area contributed by atoms with Gasteiger partial charge in [0.05, 0.1) is 6.10 Å². The van der Waals surface area contributed by atoms with E-state index in [2.05, 4.69) is 18.5 Å². The first kappa shape index (κ1) is 14.5. The van der Waals surface area contributed by atoms with E-state index in [1.165, 1.54) is 12.1 Å². The summed E-state index contributed by atoms with van der Waals surface area (Å²) < 4.78 is 13.0. The second-order valence-corrected chi connectivity index (χ2v) is 5.15. The maximum absolute atomic E-state index is 13.0. The fourth-order valence-corrected chi connectivity index (χ4v) is 2.13. The van der Waals surface area contributed by atoms with Crippen molar-refractivity contribution in [3.63, 3.8) is 0 Å². The van der Waals surface area contributed by atoms with Gasteiger partial charge in [-0.15, -0.1) is 0 Å². The summed E-state index contributed by atoms with van der Waals surface area (Å²) in [5.74, 6) is 0.793. The van der Waals surface area contributed by atoms with E-state index < -0.39 is 6.10 Å². The van der Waals surface area contributed by atoms with Crippen LogP contribution in [0.25, 0.3) is 0 Å². The smallest absolute Gasteiger partial charge is 0.123 e. The Hall–Kier alpha value is -0.580. The molecule has 0 radical (unpaired) electrons. The lowest BCUT2D eigenvalue weighted by molar-refractivity contribution is 0.170. The van der Waals surface area contributed by atoms with Gasteiger partial charge < -0.3 is 10.4 Å². The normalized spacial score (nSPS) is 14.6. The average Bonchev–Trinajstić information content (AvgIpc) is 2.33. The predicted molar refractivity (Wildman–Crippen MR) is 71.8 cm³/mol. The molecule has 0 aliphatic heterocycles. The monoisotopic (exact) mass is 257 g/mol. The first-order valence-electron chi connectivity index (χ1n) is 5.79. The van der Waals surface area contributed by atoms with Crippen LogP contribution >= 0.6 is 11.8 Å². The number of hydrogen-bond donors (Lipinski definition) is 2. The van der Waals surface area contributed by atoms with Crippen LogP contribution in [0.2, 0.25) is 0 Å². The standard InChI is InChI=1S/C13H20FNOS/c1-10(6-7-17-2)15-9-13(16)11-4-3-5-12(14)8-11/h3-5,8,10,13,15-16H,6-7,9H2,1-2H3. The van der Waals surface area contributed by atoms with E-state index in [1.807, 2.05) is 11.8 Å². The van der Waals surface area contributed by atoms with Gasteiger partial charge in [-0.05, 0) is 43.0 Å². The van der Waals surface area contributed by atoms with Crippen molar-refractivity contribution >= 4 is 11.8 Å². The van der Waals surface area contributed by atoms with Crippen LogP contribution in [0.3, 0.4) is 0 Å². The van der Waals surface area contributed by atoms with Crippen molar-refractivity contribution in [2.24, 2.45) is 0 Å². The maximum Gasteiger partial charge on any atom is 0.123 e. The maximum atomic E-state index is 13.0. The highest BCUT2D eigenvalue weighted by molar-refractivity contribution is 7.98. The molecule has 0 aliphatic rings. The summed E-state index contributed by atoms with van der Waals surface area (Å²) in [4.78, 5) is 0. The Morgan fingerprint density at radius 1 is 1.47 bits per heavy atom. The molecule has 0 bridgehead atoms. The summed E-state index contributed by atoms with van der Waals surface area (Å²) in [5.41, 5.74) is 0.620. The van der Waals surface area contributed by atoms with Crippen LogP contribution < -0.4 is 5.32 Å². The number of rotatable bonds is 7. The quantitative estimate of drug-likeness (QED) is 0.787. The third-order valence-corrected chi connectivity index (χ3v) is 3.29. The molecule has 1 rings (SSSR count). The lowest BCUT2D eigenvalue weighted by atomic mass is 10.1. The molecule has 1 aromatic rings. The SMILES string of the molecule is CSCCC(C)NCC(O)c1cccc(F)c1. The highest BCUT2D eigenvalue weighted by atomic mass is 32.2. The molecule has 0 saturated carbocycles. The Balaban J connectivity index is 2.36. The lowest BCUT2D eigenvalue weighted by Gasteiger charge is -2.17. The number of halogens is 1. The van der Waals surface area contributed by atoms with E-state index in [0.29, 0.717) is 18.2 Å². The Morgan fingerprint density at radius 3 is 2.88 bits per heavy atom. The minimum Gasteiger partial charge on any atom is -0.387 e. The summed E-state index contributed by atoms with van der Waals surface area (Å²) in [5, 5.41) is 13.1. The van der Waals surface area contributed by atoms with Gasteiger partial charge in [-0.3, -0.25) is 0 Å². The van der Waals surface area contributed by atoms with Crippen molar-refractivity contribution in [1.82, 2.24) is 5.32 Å². The van der Waals surface area contributed by atoms with Crippen LogP contribution in [0.5, 0.6) is 0 Å². The lowest BCUT2D eigenvalue weighted by Crippen LogP contribution is -2.30. The van der Waals surface area contributed by atoms with Gasteiger partial charge in [0.1, 0.15) is 5.82 Å². The molecule has 0 aromatic heterocycles. The molecule has 2 unspecified atom stereocenters. The van der Waals surface area contributed by atoms with Gasteiger partial charge in [-0.2, -0.15) is 11.8 Å². The Kier molecular flexibility index (Phi) is 6.55. The van der Waals surface area contributed by atoms with E-state index in [9.17, 15) is 9.50 Å². The van der Waals surface area contributed by atoms with E-state index in [1.54, 1.807) is 12.1 Å². The first-order chi connectivity index (χ1) is 8.13. The predicted octanol–water partition coefficient (Wildman–Crippen LogP) is 2.59. The molecule has 0 saturated heterocycles. The third kappa shape index (κ3) is 5.52. The molecule has 0 fully saturated rings. The fourth-order valence-electron chi connectivity index (χ4n) is 1.54. The van der Waals surface area contributed by atoms with E-state index >= 15 is 0 Å². The van der Waals surface area contributed by atoms with Crippen LogP contribution in [-0.2, 0) is 0 Å². The third-order valence-electron chi connectivity index (χ3n) is 2.65. The highest BCUT2D eigenvalue weighted by Gasteiger charge is 2.09. The van der Waals surface area contributed by atoms with Gasteiger partial charge in [0, 0.05) is 12.6 Å². The molecule has 17 heavy (non-hydrogen) atoms.